The van der Waals surface area contributed by atoms with Gasteiger partial charge in [-0.05, 0) is 25.0 Å². The maximum absolute atomic E-state index is 12.7. The molecule has 4 bridgehead atoms. The summed E-state index contributed by atoms with van der Waals surface area (Å²) in [5.74, 6) is -4.43. The molecule has 0 aromatic carbocycles. The second kappa shape index (κ2) is 6.47. The largest absolute Gasteiger partial charge is 0.472 e. The predicted molar refractivity (Wildman–Crippen MR) is 126 cm³/mol. The van der Waals surface area contributed by atoms with Crippen LogP contribution in [0, 0.1) is 22.7 Å². The highest BCUT2D eigenvalue weighted by Gasteiger charge is 2.92. The summed E-state index contributed by atoms with van der Waals surface area (Å²) in [7, 11) is 1.64. The van der Waals surface area contributed by atoms with Gasteiger partial charge in [0, 0.05) is 48.2 Å². The van der Waals surface area contributed by atoms with Gasteiger partial charge in [0.2, 0.25) is 11.6 Å². The van der Waals surface area contributed by atoms with Crippen molar-refractivity contribution >= 4 is 0 Å². The average molecular weight is 503 g/mol. The van der Waals surface area contributed by atoms with Gasteiger partial charge in [-0.15, -0.1) is 0 Å². The van der Waals surface area contributed by atoms with Gasteiger partial charge in [-0.3, -0.25) is 0 Å². The standard InChI is InChI=1S/C28H38O8/c1-15(2)24-13-18-23(6,19(33-24)17-8-11-32-14-17)9-10-25(31-7)27(18)21(34-24)26(29)20(35-25)22(4,5)12-16(3)28(26,30)36-27/h8,11-12,14-15,18-21,29-30H,9-10,13H2,1-7H3/t18?,19?,20-,21-,23-,24-,25+,26+,27-,28-/m1/s1. The van der Waals surface area contributed by atoms with E-state index < -0.39 is 51.6 Å². The van der Waals surface area contributed by atoms with Gasteiger partial charge < -0.3 is 38.3 Å². The number of rotatable bonds is 3. The predicted octanol–water partition coefficient (Wildman–Crippen LogP) is 3.82. The van der Waals surface area contributed by atoms with Crippen molar-refractivity contribution in [2.45, 2.75) is 108 Å². The molecule has 8 nitrogen and oxygen atoms in total. The van der Waals surface area contributed by atoms with Crippen molar-refractivity contribution in [2.75, 3.05) is 7.11 Å². The Morgan fingerprint density at radius 3 is 2.44 bits per heavy atom. The first kappa shape index (κ1) is 23.8. The molecule has 10 atom stereocenters. The number of furan rings is 1. The van der Waals surface area contributed by atoms with Crippen molar-refractivity contribution in [1.82, 2.24) is 0 Å². The molecular formula is C28H38O8. The fraction of sp³-hybridized carbons (Fsp3) is 0.786. The number of aliphatic hydroxyl groups is 2. The van der Waals surface area contributed by atoms with E-state index in [-0.39, 0.29) is 17.9 Å². The Labute approximate surface area is 211 Å². The summed E-state index contributed by atoms with van der Waals surface area (Å²) < 4.78 is 39.5. The quantitative estimate of drug-likeness (QED) is 0.602. The van der Waals surface area contributed by atoms with Gasteiger partial charge in [-0.2, -0.15) is 0 Å². The summed E-state index contributed by atoms with van der Waals surface area (Å²) in [6.45, 7) is 12.2. The minimum absolute atomic E-state index is 0.0300. The first-order valence-electron chi connectivity index (χ1n) is 13.2. The molecule has 0 radical (unpaired) electrons. The van der Waals surface area contributed by atoms with Crippen molar-refractivity contribution in [3.05, 3.63) is 35.8 Å². The number of hydrogen-bond donors (Lipinski definition) is 2. The third-order valence-corrected chi connectivity index (χ3v) is 10.8. The highest BCUT2D eigenvalue weighted by Crippen LogP contribution is 2.77. The lowest BCUT2D eigenvalue weighted by molar-refractivity contribution is -0.498. The topological polar surface area (TPSA) is 99.8 Å². The van der Waals surface area contributed by atoms with Gasteiger partial charge in [0.15, 0.2) is 17.0 Å². The van der Waals surface area contributed by atoms with Gasteiger partial charge in [0.05, 0.1) is 18.6 Å². The molecule has 1 aromatic rings. The lowest BCUT2D eigenvalue weighted by Crippen LogP contribution is -2.86. The van der Waals surface area contributed by atoms with E-state index in [1.165, 1.54) is 0 Å². The van der Waals surface area contributed by atoms with E-state index >= 15 is 0 Å². The normalized spacial score (nSPS) is 56.0. The molecule has 198 valence electrons. The molecule has 6 aliphatic rings. The summed E-state index contributed by atoms with van der Waals surface area (Å²) in [5.41, 5.74) is -2.65. The van der Waals surface area contributed by atoms with Crippen molar-refractivity contribution < 1.29 is 38.3 Å². The molecule has 4 saturated heterocycles. The molecule has 5 fully saturated rings. The maximum Gasteiger partial charge on any atom is 0.224 e. The van der Waals surface area contributed by atoms with Crippen LogP contribution in [0.4, 0.5) is 0 Å². The fourth-order valence-electron chi connectivity index (χ4n) is 9.08. The zero-order valence-electron chi connectivity index (χ0n) is 22.2. The maximum atomic E-state index is 12.7. The summed E-state index contributed by atoms with van der Waals surface area (Å²) in [6, 6.07) is 1.94. The minimum atomic E-state index is -1.99. The Kier molecular flexibility index (Phi) is 4.29. The van der Waals surface area contributed by atoms with Crippen LogP contribution in [0.2, 0.25) is 0 Å². The van der Waals surface area contributed by atoms with Crippen LogP contribution >= 0.6 is 0 Å². The molecule has 2 aliphatic carbocycles. The van der Waals surface area contributed by atoms with Crippen LogP contribution in [-0.4, -0.2) is 58.1 Å². The van der Waals surface area contributed by atoms with Crippen LogP contribution in [0.3, 0.4) is 0 Å². The minimum Gasteiger partial charge on any atom is -0.472 e. The van der Waals surface area contributed by atoms with E-state index in [1.807, 2.05) is 32.9 Å². The third kappa shape index (κ3) is 2.19. The summed E-state index contributed by atoms with van der Waals surface area (Å²) >= 11 is 0. The van der Waals surface area contributed by atoms with Crippen LogP contribution in [-0.2, 0) is 23.7 Å². The van der Waals surface area contributed by atoms with Gasteiger partial charge in [-0.1, -0.05) is 40.7 Å². The smallest absolute Gasteiger partial charge is 0.224 e. The molecule has 5 heterocycles. The highest BCUT2D eigenvalue weighted by atomic mass is 16.8. The molecular weight excluding hydrogens is 464 g/mol. The second-order valence-electron chi connectivity index (χ2n) is 13.2. The van der Waals surface area contributed by atoms with Crippen molar-refractivity contribution in [3.63, 3.8) is 0 Å². The van der Waals surface area contributed by atoms with Crippen molar-refractivity contribution in [1.29, 1.82) is 0 Å². The van der Waals surface area contributed by atoms with Crippen LogP contribution in [0.15, 0.2) is 34.7 Å². The number of hydrogen-bond acceptors (Lipinski definition) is 8. The lowest BCUT2D eigenvalue weighted by Gasteiger charge is -2.73. The van der Waals surface area contributed by atoms with Crippen molar-refractivity contribution in [3.8, 4) is 0 Å². The van der Waals surface area contributed by atoms with E-state index in [1.54, 1.807) is 19.6 Å². The van der Waals surface area contributed by atoms with E-state index in [0.717, 1.165) is 12.0 Å². The molecule has 36 heavy (non-hydrogen) atoms. The molecule has 8 heteroatoms. The molecule has 0 amide bonds. The monoisotopic (exact) mass is 502 g/mol. The third-order valence-electron chi connectivity index (χ3n) is 10.8. The Bertz CT molecular complexity index is 1140. The Morgan fingerprint density at radius 2 is 1.81 bits per heavy atom. The van der Waals surface area contributed by atoms with E-state index in [0.29, 0.717) is 18.4 Å². The Balaban J connectivity index is 1.53. The molecule has 7 rings (SSSR count). The van der Waals surface area contributed by atoms with E-state index in [9.17, 15) is 10.2 Å². The summed E-state index contributed by atoms with van der Waals surface area (Å²) in [6.07, 6.45) is 5.04. The zero-order chi connectivity index (χ0) is 25.7. The Morgan fingerprint density at radius 1 is 1.06 bits per heavy atom. The highest BCUT2D eigenvalue weighted by molar-refractivity contribution is 5.43. The van der Waals surface area contributed by atoms with Crippen LogP contribution in [0.25, 0.3) is 0 Å². The number of ether oxygens (including phenoxy) is 5. The SMILES string of the molecule is CO[C@]12CC[C@@]3(C)C(c4ccoc4)O[C@]4(C(C)C)CC3[C@]13O[C@]1(O)C(C)=CC(C)(C)[C@@H](O2)[C@]1(O)[C@H]3O4. The zero-order valence-corrected chi connectivity index (χ0v) is 22.2. The first-order valence-corrected chi connectivity index (χ1v) is 13.2. The number of methoxy groups -OCH3 is 1. The summed E-state index contributed by atoms with van der Waals surface area (Å²) in [4.78, 5) is 0. The summed E-state index contributed by atoms with van der Waals surface area (Å²) in [5, 5.41) is 25.0. The molecule has 2 N–H and O–H groups in total. The molecule has 1 saturated carbocycles. The second-order valence-corrected chi connectivity index (χ2v) is 13.2. The van der Waals surface area contributed by atoms with E-state index in [2.05, 4.69) is 20.8 Å². The Hall–Kier alpha value is -1.26. The van der Waals surface area contributed by atoms with Crippen LogP contribution in [0.5, 0.6) is 0 Å². The van der Waals surface area contributed by atoms with Crippen LogP contribution < -0.4 is 0 Å². The fourth-order valence-corrected chi connectivity index (χ4v) is 9.08. The van der Waals surface area contributed by atoms with Crippen LogP contribution in [0.1, 0.15) is 72.5 Å². The molecule has 2 unspecified atom stereocenters. The first-order chi connectivity index (χ1) is 16.8. The number of fused-ring (bicyclic) bond motifs is 1. The van der Waals surface area contributed by atoms with E-state index in [4.69, 9.17) is 28.1 Å². The van der Waals surface area contributed by atoms with Crippen molar-refractivity contribution in [2.24, 2.45) is 22.7 Å². The van der Waals surface area contributed by atoms with Gasteiger partial charge in [0.25, 0.3) is 0 Å². The van der Waals surface area contributed by atoms with Gasteiger partial charge in [-0.25, -0.2) is 0 Å². The molecule has 4 aliphatic heterocycles. The average Bonchev–Trinajstić information content (AvgIpc) is 3.40. The lowest BCUT2D eigenvalue weighted by atomic mass is 9.47. The molecule has 1 aromatic heterocycles. The van der Waals surface area contributed by atoms with Gasteiger partial charge in [0.1, 0.15) is 12.2 Å². The van der Waals surface area contributed by atoms with Gasteiger partial charge >= 0.3 is 0 Å². The molecule has 1 spiro atoms.